The molecule has 4 heteroatoms. The van der Waals surface area contributed by atoms with E-state index in [1.807, 2.05) is 0 Å². The predicted molar refractivity (Wildman–Crippen MR) is 52.0 cm³/mol. The van der Waals surface area contributed by atoms with Crippen molar-refractivity contribution < 1.29 is 19.3 Å². The number of hydrogen-bond acceptors (Lipinski definition) is 3. The maximum atomic E-state index is 13.0. The molecule has 0 amide bonds. The molecule has 0 unspecified atom stereocenters. The Kier molecular flexibility index (Phi) is 2.63. The van der Waals surface area contributed by atoms with Crippen molar-refractivity contribution in [3.63, 3.8) is 0 Å². The lowest BCUT2D eigenvalue weighted by atomic mass is 9.86. The third kappa shape index (κ3) is 1.96. The van der Waals surface area contributed by atoms with Crippen LogP contribution in [0.2, 0.25) is 0 Å². The van der Waals surface area contributed by atoms with Crippen LogP contribution in [0.4, 0.5) is 4.39 Å². The first kappa shape index (κ1) is 10.4. The van der Waals surface area contributed by atoms with Gasteiger partial charge >= 0.3 is 0 Å². The fraction of sp³-hybridized carbons (Fsp3) is 0.455. The van der Waals surface area contributed by atoms with Crippen molar-refractivity contribution in [3.05, 3.63) is 29.6 Å². The summed E-state index contributed by atoms with van der Waals surface area (Å²) in [6, 6.07) is 3.61. The van der Waals surface area contributed by atoms with E-state index in [-0.39, 0.29) is 11.3 Å². The Morgan fingerprint density at radius 2 is 1.93 bits per heavy atom. The minimum absolute atomic E-state index is 0.0687. The number of halogens is 1. The van der Waals surface area contributed by atoms with Crippen molar-refractivity contribution in [3.8, 4) is 5.75 Å². The molecular formula is C11H13FO3. The maximum Gasteiger partial charge on any atom is 0.123 e. The SMILES string of the molecule is Oc1ccc(F)cc1C1(O)CCOCC1. The highest BCUT2D eigenvalue weighted by Gasteiger charge is 2.34. The number of ether oxygens (including phenoxy) is 1. The van der Waals surface area contributed by atoms with Crippen molar-refractivity contribution in [1.82, 2.24) is 0 Å². The van der Waals surface area contributed by atoms with Crippen LogP contribution in [0.25, 0.3) is 0 Å². The molecule has 3 nitrogen and oxygen atoms in total. The lowest BCUT2D eigenvalue weighted by Crippen LogP contribution is -2.33. The molecule has 0 bridgehead atoms. The quantitative estimate of drug-likeness (QED) is 0.742. The van der Waals surface area contributed by atoms with Crippen molar-refractivity contribution in [2.45, 2.75) is 18.4 Å². The Labute approximate surface area is 87.1 Å². The fourth-order valence-electron chi connectivity index (χ4n) is 1.86. The summed E-state index contributed by atoms with van der Waals surface area (Å²) < 4.78 is 18.1. The average molecular weight is 212 g/mol. The van der Waals surface area contributed by atoms with Gasteiger partial charge in [0.15, 0.2) is 0 Å². The highest BCUT2D eigenvalue weighted by atomic mass is 19.1. The number of phenols is 1. The predicted octanol–water partition coefficient (Wildman–Crippen LogP) is 1.53. The molecule has 0 aromatic heterocycles. The van der Waals surface area contributed by atoms with Gasteiger partial charge in [-0.2, -0.15) is 0 Å². The van der Waals surface area contributed by atoms with Crippen LogP contribution in [-0.4, -0.2) is 23.4 Å². The van der Waals surface area contributed by atoms with E-state index in [1.165, 1.54) is 18.2 Å². The lowest BCUT2D eigenvalue weighted by molar-refractivity contribution is -0.0691. The van der Waals surface area contributed by atoms with E-state index in [2.05, 4.69) is 0 Å². The van der Waals surface area contributed by atoms with Gasteiger partial charge in [-0.05, 0) is 18.2 Å². The second kappa shape index (κ2) is 3.79. The number of aromatic hydroxyl groups is 1. The summed E-state index contributed by atoms with van der Waals surface area (Å²) >= 11 is 0. The van der Waals surface area contributed by atoms with E-state index in [0.717, 1.165) is 0 Å². The Bertz CT molecular complexity index is 359. The van der Waals surface area contributed by atoms with Crippen molar-refractivity contribution in [2.75, 3.05) is 13.2 Å². The summed E-state index contributed by atoms with van der Waals surface area (Å²) in [4.78, 5) is 0. The summed E-state index contributed by atoms with van der Waals surface area (Å²) in [6.07, 6.45) is 0.758. The van der Waals surface area contributed by atoms with Crippen LogP contribution in [-0.2, 0) is 10.3 Å². The lowest BCUT2D eigenvalue weighted by Gasteiger charge is -2.32. The first-order valence-electron chi connectivity index (χ1n) is 4.91. The molecule has 0 spiro atoms. The summed E-state index contributed by atoms with van der Waals surface area (Å²) in [5.41, 5.74) is -0.907. The molecule has 1 saturated heterocycles. The fourth-order valence-corrected chi connectivity index (χ4v) is 1.86. The molecule has 0 radical (unpaired) electrons. The topological polar surface area (TPSA) is 49.7 Å². The molecule has 2 rings (SSSR count). The minimum Gasteiger partial charge on any atom is -0.508 e. The van der Waals surface area contributed by atoms with Crippen LogP contribution in [0.5, 0.6) is 5.75 Å². The number of benzene rings is 1. The summed E-state index contributed by atoms with van der Waals surface area (Å²) in [5, 5.41) is 19.8. The minimum atomic E-state index is -1.16. The van der Waals surface area contributed by atoms with Gasteiger partial charge in [0, 0.05) is 31.6 Å². The van der Waals surface area contributed by atoms with Crippen LogP contribution >= 0.6 is 0 Å². The largest absolute Gasteiger partial charge is 0.508 e. The standard InChI is InChI=1S/C11H13FO3/c12-8-1-2-10(13)9(7-8)11(14)3-5-15-6-4-11/h1-2,7,13-14H,3-6H2. The van der Waals surface area contributed by atoms with Crippen LogP contribution in [0.15, 0.2) is 18.2 Å². The van der Waals surface area contributed by atoms with Crippen LogP contribution in [0, 0.1) is 5.82 Å². The van der Waals surface area contributed by atoms with Crippen molar-refractivity contribution in [1.29, 1.82) is 0 Å². The number of rotatable bonds is 1. The molecule has 0 atom stereocenters. The molecular weight excluding hydrogens is 199 g/mol. The van der Waals surface area contributed by atoms with Crippen molar-refractivity contribution >= 4 is 0 Å². The van der Waals surface area contributed by atoms with Crippen LogP contribution in [0.3, 0.4) is 0 Å². The Morgan fingerprint density at radius 3 is 2.60 bits per heavy atom. The van der Waals surface area contributed by atoms with Gasteiger partial charge in [0.05, 0.1) is 5.60 Å². The van der Waals surface area contributed by atoms with Gasteiger partial charge in [0.1, 0.15) is 11.6 Å². The van der Waals surface area contributed by atoms with Gasteiger partial charge in [-0.15, -0.1) is 0 Å². The summed E-state index contributed by atoms with van der Waals surface area (Å²) in [5.74, 6) is -0.525. The van der Waals surface area contributed by atoms with Gasteiger partial charge in [0.25, 0.3) is 0 Å². The number of phenolic OH excluding ortho intramolecular Hbond substituents is 1. The Morgan fingerprint density at radius 1 is 1.27 bits per heavy atom. The molecule has 1 aromatic rings. The van der Waals surface area contributed by atoms with E-state index in [0.29, 0.717) is 26.1 Å². The molecule has 1 heterocycles. The molecule has 0 aliphatic carbocycles. The van der Waals surface area contributed by atoms with Crippen molar-refractivity contribution in [2.24, 2.45) is 0 Å². The second-order valence-electron chi connectivity index (χ2n) is 3.81. The first-order valence-corrected chi connectivity index (χ1v) is 4.91. The molecule has 15 heavy (non-hydrogen) atoms. The summed E-state index contributed by atoms with van der Waals surface area (Å²) in [7, 11) is 0. The highest BCUT2D eigenvalue weighted by Crippen LogP contribution is 2.37. The third-order valence-corrected chi connectivity index (χ3v) is 2.78. The molecule has 1 aliphatic rings. The van der Waals surface area contributed by atoms with Gasteiger partial charge < -0.3 is 14.9 Å². The zero-order valence-electron chi connectivity index (χ0n) is 8.24. The molecule has 1 aromatic carbocycles. The second-order valence-corrected chi connectivity index (χ2v) is 3.81. The highest BCUT2D eigenvalue weighted by molar-refractivity contribution is 5.37. The van der Waals surface area contributed by atoms with E-state index < -0.39 is 11.4 Å². The zero-order valence-corrected chi connectivity index (χ0v) is 8.24. The van der Waals surface area contributed by atoms with Gasteiger partial charge in [-0.1, -0.05) is 0 Å². The third-order valence-electron chi connectivity index (χ3n) is 2.78. The van der Waals surface area contributed by atoms with E-state index >= 15 is 0 Å². The molecule has 1 fully saturated rings. The van der Waals surface area contributed by atoms with Gasteiger partial charge in [0.2, 0.25) is 0 Å². The number of aliphatic hydroxyl groups is 1. The summed E-state index contributed by atoms with van der Waals surface area (Å²) in [6.45, 7) is 0.846. The van der Waals surface area contributed by atoms with Gasteiger partial charge in [-0.25, -0.2) is 4.39 Å². The zero-order chi connectivity index (χ0) is 10.9. The molecule has 0 saturated carbocycles. The maximum absolute atomic E-state index is 13.0. The van der Waals surface area contributed by atoms with E-state index in [4.69, 9.17) is 4.74 Å². The smallest absolute Gasteiger partial charge is 0.123 e. The normalized spacial score (nSPS) is 20.1. The van der Waals surface area contributed by atoms with E-state index in [9.17, 15) is 14.6 Å². The Hall–Kier alpha value is -1.13. The molecule has 82 valence electrons. The molecule has 2 N–H and O–H groups in total. The monoisotopic (exact) mass is 212 g/mol. The Balaban J connectivity index is 2.38. The molecule has 1 aliphatic heterocycles. The van der Waals surface area contributed by atoms with Crippen LogP contribution in [0.1, 0.15) is 18.4 Å². The first-order chi connectivity index (χ1) is 7.12. The van der Waals surface area contributed by atoms with E-state index in [1.54, 1.807) is 0 Å². The van der Waals surface area contributed by atoms with Crippen LogP contribution < -0.4 is 0 Å². The van der Waals surface area contributed by atoms with Gasteiger partial charge in [-0.3, -0.25) is 0 Å². The number of hydrogen-bond donors (Lipinski definition) is 2. The average Bonchev–Trinajstić information content (AvgIpc) is 2.23.